The maximum Gasteiger partial charge on any atom is 0.165 e. The molecule has 0 aliphatic rings. The number of aromatic nitrogens is 4. The van der Waals surface area contributed by atoms with Crippen LogP contribution in [0.4, 0.5) is 0 Å². The summed E-state index contributed by atoms with van der Waals surface area (Å²) in [6.45, 7) is 0. The van der Waals surface area contributed by atoms with Gasteiger partial charge in [-0.25, -0.2) is 9.97 Å². The molecule has 0 fully saturated rings. The van der Waals surface area contributed by atoms with Crippen molar-refractivity contribution in [3.63, 3.8) is 0 Å². The molecule has 0 aliphatic heterocycles. The van der Waals surface area contributed by atoms with Gasteiger partial charge in [0.1, 0.15) is 5.69 Å². The van der Waals surface area contributed by atoms with E-state index in [0.717, 1.165) is 55.9 Å². The molecular weight excluding hydrogens is 657 g/mol. The van der Waals surface area contributed by atoms with Crippen LogP contribution in [0.15, 0.2) is 182 Å². The summed E-state index contributed by atoms with van der Waals surface area (Å²) in [5.41, 5.74) is 9.22. The molecule has 3 aromatic heterocycles. The topological polar surface area (TPSA) is 35.6 Å². The van der Waals surface area contributed by atoms with Gasteiger partial charge in [-0.3, -0.25) is 4.57 Å². The number of hydrogen-bond donors (Lipinski definition) is 0. The quantitative estimate of drug-likeness (QED) is 0.173. The molecule has 12 aromatic rings. The lowest BCUT2D eigenvalue weighted by Crippen LogP contribution is -2.05. The van der Waals surface area contributed by atoms with E-state index in [2.05, 4.69) is 173 Å². The standard InChI is InChI=1S/C50H30N4/c1-2-14-31(15-3-1)47-50(52-44-23-11-10-22-43(44)51-47)54-46-25-13-9-21-39(46)41-29-28-40-38-20-8-12-24-45(38)53(48(40)49(41)54)32-26-27-37-35-18-5-4-16-33(35)34-17-6-7-19-36(34)42(37)30-32/h1-30H. The Morgan fingerprint density at radius 2 is 0.759 bits per heavy atom. The van der Waals surface area contributed by atoms with Gasteiger partial charge in [0, 0.05) is 32.8 Å². The third-order valence-corrected chi connectivity index (χ3v) is 11.3. The first-order valence-electron chi connectivity index (χ1n) is 18.4. The van der Waals surface area contributed by atoms with Crippen molar-refractivity contribution in [1.29, 1.82) is 0 Å². The molecule has 0 atom stereocenters. The predicted octanol–water partition coefficient (Wildman–Crippen LogP) is 13.0. The molecule has 3 heterocycles. The molecule has 9 aromatic carbocycles. The van der Waals surface area contributed by atoms with Crippen molar-refractivity contribution >= 4 is 87.0 Å². The summed E-state index contributed by atoms with van der Waals surface area (Å²) in [5, 5.41) is 12.3. The Bertz CT molecular complexity index is 3460. The SMILES string of the molecule is c1ccc(-c2nc3ccccc3nc2-n2c3ccccc3c3ccc4c5ccccc5n(-c5ccc6c7ccccc7c7ccccc7c6c5)c4c32)cc1. The van der Waals surface area contributed by atoms with Gasteiger partial charge >= 0.3 is 0 Å². The van der Waals surface area contributed by atoms with Gasteiger partial charge in [0.2, 0.25) is 0 Å². The lowest BCUT2D eigenvalue weighted by molar-refractivity contribution is 1.08. The largest absolute Gasteiger partial charge is 0.307 e. The Labute approximate surface area is 309 Å². The van der Waals surface area contributed by atoms with Crippen LogP contribution in [0, 0.1) is 0 Å². The van der Waals surface area contributed by atoms with Gasteiger partial charge in [-0.05, 0) is 68.7 Å². The summed E-state index contributed by atoms with van der Waals surface area (Å²) in [6.07, 6.45) is 0. The lowest BCUT2D eigenvalue weighted by atomic mass is 9.94. The van der Waals surface area contributed by atoms with E-state index in [-0.39, 0.29) is 0 Å². The van der Waals surface area contributed by atoms with Gasteiger partial charge in [0.05, 0.1) is 33.1 Å². The van der Waals surface area contributed by atoms with Gasteiger partial charge in [0.25, 0.3) is 0 Å². The highest BCUT2D eigenvalue weighted by molar-refractivity contribution is 6.27. The minimum atomic E-state index is 0.811. The molecule has 0 saturated carbocycles. The first-order valence-corrected chi connectivity index (χ1v) is 18.4. The maximum atomic E-state index is 5.45. The average Bonchev–Trinajstić information content (AvgIpc) is 3.76. The monoisotopic (exact) mass is 686 g/mol. The van der Waals surface area contributed by atoms with E-state index < -0.39 is 0 Å². The summed E-state index contributed by atoms with van der Waals surface area (Å²) in [4.78, 5) is 10.8. The number of hydrogen-bond acceptors (Lipinski definition) is 2. The molecule has 4 heteroatoms. The van der Waals surface area contributed by atoms with E-state index in [9.17, 15) is 0 Å². The number of benzene rings is 9. The lowest BCUT2D eigenvalue weighted by Gasteiger charge is -2.16. The Morgan fingerprint density at radius 1 is 0.315 bits per heavy atom. The molecule has 12 rings (SSSR count). The molecule has 0 amide bonds. The Morgan fingerprint density at radius 3 is 1.39 bits per heavy atom. The van der Waals surface area contributed by atoms with Crippen LogP contribution in [0.1, 0.15) is 0 Å². The van der Waals surface area contributed by atoms with Crippen LogP contribution in [-0.4, -0.2) is 19.1 Å². The second-order valence-corrected chi connectivity index (χ2v) is 14.1. The van der Waals surface area contributed by atoms with E-state index in [1.807, 2.05) is 18.2 Å². The van der Waals surface area contributed by atoms with Crippen LogP contribution in [0.25, 0.3) is 110 Å². The van der Waals surface area contributed by atoms with E-state index >= 15 is 0 Å². The van der Waals surface area contributed by atoms with Crippen molar-refractivity contribution in [2.45, 2.75) is 0 Å². The normalized spacial score (nSPS) is 12.1. The highest BCUT2D eigenvalue weighted by atomic mass is 15.1. The van der Waals surface area contributed by atoms with E-state index in [1.165, 1.54) is 53.9 Å². The zero-order chi connectivity index (χ0) is 35.3. The third-order valence-electron chi connectivity index (χ3n) is 11.3. The van der Waals surface area contributed by atoms with E-state index in [0.29, 0.717) is 0 Å². The maximum absolute atomic E-state index is 5.45. The highest BCUT2D eigenvalue weighted by Crippen LogP contribution is 2.44. The van der Waals surface area contributed by atoms with Gasteiger partial charge in [0.15, 0.2) is 5.82 Å². The summed E-state index contributed by atoms with van der Waals surface area (Å²) >= 11 is 0. The van der Waals surface area contributed by atoms with Crippen LogP contribution in [0.2, 0.25) is 0 Å². The van der Waals surface area contributed by atoms with E-state index in [1.54, 1.807) is 0 Å². The molecule has 0 saturated heterocycles. The number of fused-ring (bicyclic) bond motifs is 14. The van der Waals surface area contributed by atoms with Crippen molar-refractivity contribution in [3.8, 4) is 22.8 Å². The Hall–Kier alpha value is -7.30. The fourth-order valence-electron chi connectivity index (χ4n) is 8.96. The molecule has 4 nitrogen and oxygen atoms in total. The molecule has 0 N–H and O–H groups in total. The molecule has 250 valence electrons. The number of rotatable bonds is 3. The van der Waals surface area contributed by atoms with Crippen molar-refractivity contribution < 1.29 is 0 Å². The fraction of sp³-hybridized carbons (Fsp3) is 0. The van der Waals surface area contributed by atoms with Gasteiger partial charge < -0.3 is 4.57 Å². The summed E-state index contributed by atoms with van der Waals surface area (Å²) in [7, 11) is 0. The highest BCUT2D eigenvalue weighted by Gasteiger charge is 2.24. The van der Waals surface area contributed by atoms with Gasteiger partial charge in [-0.2, -0.15) is 0 Å². The second kappa shape index (κ2) is 11.1. The van der Waals surface area contributed by atoms with Crippen molar-refractivity contribution in [2.24, 2.45) is 0 Å². The first kappa shape index (κ1) is 29.3. The Kier molecular flexibility index (Phi) is 6.02. The molecule has 0 unspecified atom stereocenters. The molecule has 0 aliphatic carbocycles. The van der Waals surface area contributed by atoms with Gasteiger partial charge in [-0.15, -0.1) is 0 Å². The fourth-order valence-corrected chi connectivity index (χ4v) is 8.96. The zero-order valence-electron chi connectivity index (χ0n) is 29.1. The van der Waals surface area contributed by atoms with E-state index in [4.69, 9.17) is 9.97 Å². The van der Waals surface area contributed by atoms with Crippen molar-refractivity contribution in [2.75, 3.05) is 0 Å². The summed E-state index contributed by atoms with van der Waals surface area (Å²) < 4.78 is 4.84. The first-order chi connectivity index (χ1) is 26.8. The van der Waals surface area contributed by atoms with Crippen LogP contribution >= 0.6 is 0 Å². The number of nitrogens with zero attached hydrogens (tertiary/aromatic N) is 4. The third kappa shape index (κ3) is 4.02. The molecular formula is C50H30N4. The molecule has 0 spiro atoms. The smallest absolute Gasteiger partial charge is 0.165 e. The minimum absolute atomic E-state index is 0.811. The summed E-state index contributed by atoms with van der Waals surface area (Å²) in [5.74, 6) is 0.811. The Balaban J connectivity index is 1.28. The summed E-state index contributed by atoms with van der Waals surface area (Å²) in [6, 6.07) is 65.4. The second-order valence-electron chi connectivity index (χ2n) is 14.1. The van der Waals surface area contributed by atoms with Gasteiger partial charge in [-0.1, -0.05) is 146 Å². The zero-order valence-corrected chi connectivity index (χ0v) is 29.1. The molecule has 0 radical (unpaired) electrons. The predicted molar refractivity (Wildman–Crippen MR) is 226 cm³/mol. The van der Waals surface area contributed by atoms with Crippen LogP contribution in [-0.2, 0) is 0 Å². The van der Waals surface area contributed by atoms with Crippen molar-refractivity contribution in [3.05, 3.63) is 182 Å². The average molecular weight is 687 g/mol. The molecule has 0 bridgehead atoms. The minimum Gasteiger partial charge on any atom is -0.307 e. The van der Waals surface area contributed by atoms with Crippen LogP contribution in [0.5, 0.6) is 0 Å². The van der Waals surface area contributed by atoms with Crippen LogP contribution in [0.3, 0.4) is 0 Å². The number of para-hydroxylation sites is 4. The van der Waals surface area contributed by atoms with Crippen molar-refractivity contribution in [1.82, 2.24) is 19.1 Å². The van der Waals surface area contributed by atoms with Crippen LogP contribution < -0.4 is 0 Å². The molecule has 54 heavy (non-hydrogen) atoms.